The lowest BCUT2D eigenvalue weighted by Gasteiger charge is -2.35. The van der Waals surface area contributed by atoms with Gasteiger partial charge in [0.15, 0.2) is 5.96 Å². The van der Waals surface area contributed by atoms with E-state index in [1.165, 1.54) is 10.6 Å². The average Bonchev–Trinajstić information content (AvgIpc) is 3.21. The van der Waals surface area contributed by atoms with E-state index in [0.717, 1.165) is 5.96 Å². The van der Waals surface area contributed by atoms with Gasteiger partial charge in [-0.3, -0.25) is 9.98 Å². The molecule has 1 N–H and O–H groups in total. The van der Waals surface area contributed by atoms with Crippen LogP contribution in [-0.2, 0) is 15.8 Å². The molecule has 1 aliphatic heterocycles. The number of hydrogen-bond donors (Lipinski definition) is 1. The Kier molecular flexibility index (Phi) is 6.82. The summed E-state index contributed by atoms with van der Waals surface area (Å²) in [6.07, 6.45) is 4.72. The summed E-state index contributed by atoms with van der Waals surface area (Å²) in [6, 6.07) is 5.23. The Hall–Kier alpha value is -2.66. The van der Waals surface area contributed by atoms with E-state index in [-0.39, 0.29) is 5.75 Å². The minimum absolute atomic E-state index is 0.151. The standard InChI is InChI=1S/C17H24N6O4S/c1-18-17(20-6-12-26-16-3-2-5-19-13-16)22-7-9-23(10-8-22)28(24,25)14-15-4-11-27-21-15/h2-5,11,13H,6-10,12,14H2,1H3,(H,18,20). The summed E-state index contributed by atoms with van der Waals surface area (Å²) >= 11 is 0. The van der Waals surface area contributed by atoms with Crippen LogP contribution in [0.2, 0.25) is 0 Å². The summed E-state index contributed by atoms with van der Waals surface area (Å²) in [5.41, 5.74) is 0.411. The average molecular weight is 408 g/mol. The molecule has 0 aliphatic carbocycles. The van der Waals surface area contributed by atoms with E-state index in [0.29, 0.717) is 50.8 Å². The van der Waals surface area contributed by atoms with E-state index in [4.69, 9.17) is 9.26 Å². The van der Waals surface area contributed by atoms with Crippen molar-refractivity contribution >= 4 is 16.0 Å². The highest BCUT2D eigenvalue weighted by molar-refractivity contribution is 7.88. The zero-order valence-electron chi connectivity index (χ0n) is 15.7. The molecule has 0 saturated carbocycles. The molecule has 10 nitrogen and oxygen atoms in total. The Morgan fingerprint density at radius 2 is 2.14 bits per heavy atom. The molecule has 0 radical (unpaired) electrons. The highest BCUT2D eigenvalue weighted by Gasteiger charge is 2.28. The van der Waals surface area contributed by atoms with Crippen LogP contribution >= 0.6 is 0 Å². The van der Waals surface area contributed by atoms with Crippen LogP contribution in [0, 0.1) is 0 Å². The predicted octanol–water partition coefficient (Wildman–Crippen LogP) is 0.171. The Morgan fingerprint density at radius 1 is 1.32 bits per heavy atom. The Bertz CT molecular complexity index is 849. The topological polar surface area (TPSA) is 113 Å². The SMILES string of the molecule is CN=C(NCCOc1cccnc1)N1CCN(S(=O)(=O)Cc2ccon2)CC1. The van der Waals surface area contributed by atoms with Crippen LogP contribution in [0.1, 0.15) is 5.69 Å². The van der Waals surface area contributed by atoms with E-state index >= 15 is 0 Å². The molecule has 152 valence electrons. The first-order chi connectivity index (χ1) is 13.6. The van der Waals surface area contributed by atoms with Gasteiger partial charge in [-0.15, -0.1) is 0 Å². The van der Waals surface area contributed by atoms with E-state index in [1.54, 1.807) is 25.5 Å². The summed E-state index contributed by atoms with van der Waals surface area (Å²) in [5, 5.41) is 6.92. The summed E-state index contributed by atoms with van der Waals surface area (Å²) < 4.78 is 36.8. The molecular formula is C17H24N6O4S. The van der Waals surface area contributed by atoms with Crippen LogP contribution < -0.4 is 10.1 Å². The minimum atomic E-state index is -3.42. The molecule has 11 heteroatoms. The largest absolute Gasteiger partial charge is 0.490 e. The number of aromatic nitrogens is 2. The second-order valence-corrected chi connectivity index (χ2v) is 8.11. The first kappa shape index (κ1) is 20.1. The van der Waals surface area contributed by atoms with Crippen LogP contribution in [-0.4, -0.2) is 80.1 Å². The van der Waals surface area contributed by atoms with Gasteiger partial charge in [-0.1, -0.05) is 5.16 Å². The molecule has 0 amide bonds. The summed E-state index contributed by atoms with van der Waals surface area (Å²) in [4.78, 5) is 10.3. The van der Waals surface area contributed by atoms with Crippen molar-refractivity contribution in [2.45, 2.75) is 5.75 Å². The summed E-state index contributed by atoms with van der Waals surface area (Å²) in [7, 11) is -1.71. The molecule has 0 aromatic carbocycles. The number of guanidine groups is 1. The number of sulfonamides is 1. The highest BCUT2D eigenvalue weighted by atomic mass is 32.2. The van der Waals surface area contributed by atoms with Crippen molar-refractivity contribution in [1.82, 2.24) is 24.7 Å². The number of pyridine rings is 1. The fourth-order valence-corrected chi connectivity index (χ4v) is 4.29. The van der Waals surface area contributed by atoms with Gasteiger partial charge in [0.05, 0.1) is 18.4 Å². The summed E-state index contributed by atoms with van der Waals surface area (Å²) in [5.74, 6) is 1.29. The van der Waals surface area contributed by atoms with Crippen LogP contribution in [0.25, 0.3) is 0 Å². The first-order valence-electron chi connectivity index (χ1n) is 8.94. The van der Waals surface area contributed by atoms with Gasteiger partial charge in [-0.2, -0.15) is 4.31 Å². The minimum Gasteiger partial charge on any atom is -0.490 e. The number of aliphatic imine (C=N–C) groups is 1. The fraction of sp³-hybridized carbons (Fsp3) is 0.471. The predicted molar refractivity (Wildman–Crippen MR) is 103 cm³/mol. The normalized spacial score (nSPS) is 16.2. The molecule has 1 saturated heterocycles. The molecular weight excluding hydrogens is 384 g/mol. The lowest BCUT2D eigenvalue weighted by Crippen LogP contribution is -2.54. The molecule has 3 rings (SSSR count). The molecule has 0 spiro atoms. The van der Waals surface area contributed by atoms with Crippen molar-refractivity contribution < 1.29 is 17.7 Å². The lowest BCUT2D eigenvalue weighted by molar-refractivity contribution is 0.257. The van der Waals surface area contributed by atoms with E-state index in [9.17, 15) is 8.42 Å². The Balaban J connectivity index is 1.43. The van der Waals surface area contributed by atoms with Crippen LogP contribution in [0.5, 0.6) is 5.75 Å². The molecule has 0 unspecified atom stereocenters. The third-order valence-corrected chi connectivity index (χ3v) is 6.07. The Morgan fingerprint density at radius 3 is 2.79 bits per heavy atom. The number of nitrogens with one attached hydrogen (secondary N) is 1. The van der Waals surface area contributed by atoms with Crippen LogP contribution in [0.15, 0.2) is 46.4 Å². The van der Waals surface area contributed by atoms with Crippen molar-refractivity contribution in [2.24, 2.45) is 4.99 Å². The van der Waals surface area contributed by atoms with Gasteiger partial charge in [0.1, 0.15) is 24.4 Å². The van der Waals surface area contributed by atoms with Gasteiger partial charge < -0.3 is 19.5 Å². The third kappa shape index (κ3) is 5.42. The van der Waals surface area contributed by atoms with Crippen molar-refractivity contribution in [3.8, 4) is 5.75 Å². The number of piperazine rings is 1. The van der Waals surface area contributed by atoms with Crippen LogP contribution in [0.3, 0.4) is 0 Å². The smallest absolute Gasteiger partial charge is 0.220 e. The number of ether oxygens (including phenoxy) is 1. The van der Waals surface area contributed by atoms with Gasteiger partial charge in [-0.25, -0.2) is 8.42 Å². The Labute approximate surface area is 164 Å². The molecule has 3 heterocycles. The second kappa shape index (κ2) is 9.51. The third-order valence-electron chi connectivity index (χ3n) is 4.25. The second-order valence-electron chi connectivity index (χ2n) is 6.14. The van der Waals surface area contributed by atoms with E-state index in [1.807, 2.05) is 17.0 Å². The summed E-state index contributed by atoms with van der Waals surface area (Å²) in [6.45, 7) is 2.95. The van der Waals surface area contributed by atoms with Gasteiger partial charge in [-0.05, 0) is 12.1 Å². The molecule has 1 fully saturated rings. The maximum absolute atomic E-state index is 12.5. The fourth-order valence-electron chi connectivity index (χ4n) is 2.86. The lowest BCUT2D eigenvalue weighted by atomic mass is 10.4. The molecule has 28 heavy (non-hydrogen) atoms. The number of nitrogens with zero attached hydrogens (tertiary/aromatic N) is 5. The highest BCUT2D eigenvalue weighted by Crippen LogP contribution is 2.13. The van der Waals surface area contributed by atoms with E-state index in [2.05, 4.69) is 20.4 Å². The number of hydrogen-bond acceptors (Lipinski definition) is 7. The number of rotatable bonds is 7. The van der Waals surface area contributed by atoms with Crippen molar-refractivity contribution in [3.63, 3.8) is 0 Å². The zero-order chi connectivity index (χ0) is 19.8. The molecule has 2 aromatic rings. The van der Waals surface area contributed by atoms with Crippen molar-refractivity contribution in [2.75, 3.05) is 46.4 Å². The molecule has 0 atom stereocenters. The van der Waals surface area contributed by atoms with Crippen molar-refractivity contribution in [3.05, 3.63) is 42.5 Å². The molecule has 1 aliphatic rings. The first-order valence-corrected chi connectivity index (χ1v) is 10.5. The van der Waals surface area contributed by atoms with Gasteiger partial charge in [0.25, 0.3) is 0 Å². The maximum Gasteiger partial charge on any atom is 0.220 e. The molecule has 0 bridgehead atoms. The van der Waals surface area contributed by atoms with Crippen molar-refractivity contribution in [1.29, 1.82) is 0 Å². The zero-order valence-corrected chi connectivity index (χ0v) is 16.5. The quantitative estimate of drug-likeness (QED) is 0.392. The van der Waals surface area contributed by atoms with Gasteiger partial charge in [0, 0.05) is 45.5 Å². The van der Waals surface area contributed by atoms with Crippen LogP contribution in [0.4, 0.5) is 0 Å². The molecule has 2 aromatic heterocycles. The monoisotopic (exact) mass is 408 g/mol. The van der Waals surface area contributed by atoms with Gasteiger partial charge in [0.2, 0.25) is 10.0 Å². The van der Waals surface area contributed by atoms with Gasteiger partial charge >= 0.3 is 0 Å². The van der Waals surface area contributed by atoms with E-state index < -0.39 is 10.0 Å². The maximum atomic E-state index is 12.5.